The first-order valence-corrected chi connectivity index (χ1v) is 6.75. The van der Waals surface area contributed by atoms with E-state index in [1.165, 1.54) is 17.8 Å². The quantitative estimate of drug-likeness (QED) is 0.682. The van der Waals surface area contributed by atoms with Crippen LogP contribution in [-0.2, 0) is 4.79 Å². The van der Waals surface area contributed by atoms with Crippen molar-refractivity contribution in [2.45, 2.75) is 6.92 Å². The van der Waals surface area contributed by atoms with Gasteiger partial charge >= 0.3 is 0 Å². The van der Waals surface area contributed by atoms with Crippen LogP contribution in [0.15, 0.2) is 22.3 Å². The van der Waals surface area contributed by atoms with E-state index in [2.05, 4.69) is 15.5 Å². The van der Waals surface area contributed by atoms with Gasteiger partial charge in [-0.05, 0) is 19.1 Å². The van der Waals surface area contributed by atoms with Gasteiger partial charge in [0.25, 0.3) is 0 Å². The number of benzene rings is 1. The van der Waals surface area contributed by atoms with Gasteiger partial charge in [-0.15, -0.1) is 5.10 Å². The fourth-order valence-electron chi connectivity index (χ4n) is 1.45. The molecule has 1 aliphatic heterocycles. The molecule has 0 aromatic heterocycles. The third kappa shape index (κ3) is 3.32. The summed E-state index contributed by atoms with van der Waals surface area (Å²) in [5, 5.41) is 10.2. The number of halogens is 2. The molecule has 1 aliphatic rings. The van der Waals surface area contributed by atoms with Crippen molar-refractivity contribution in [1.29, 1.82) is 0 Å². The van der Waals surface area contributed by atoms with Crippen molar-refractivity contribution in [3.8, 4) is 5.75 Å². The summed E-state index contributed by atoms with van der Waals surface area (Å²) in [4.78, 5) is 10.9. The maximum absolute atomic E-state index is 13.9. The Kier molecular flexibility index (Phi) is 4.67. The first-order valence-electron chi connectivity index (χ1n) is 5.76. The van der Waals surface area contributed by atoms with Crippen LogP contribution >= 0.6 is 11.8 Å². The van der Waals surface area contributed by atoms with Gasteiger partial charge in [0.15, 0.2) is 22.6 Å². The van der Waals surface area contributed by atoms with E-state index in [9.17, 15) is 13.6 Å². The minimum absolute atomic E-state index is 0.0496. The van der Waals surface area contributed by atoms with Crippen LogP contribution in [0.2, 0.25) is 0 Å². The summed E-state index contributed by atoms with van der Waals surface area (Å²) in [6.07, 6.45) is 1.13. The summed E-state index contributed by atoms with van der Waals surface area (Å²) in [6, 6.07) is 2.33. The van der Waals surface area contributed by atoms with Crippen molar-refractivity contribution in [1.82, 2.24) is 5.32 Å². The molecule has 1 aromatic carbocycles. The van der Waals surface area contributed by atoms with Crippen molar-refractivity contribution in [2.24, 2.45) is 10.2 Å². The van der Waals surface area contributed by atoms with Gasteiger partial charge in [-0.2, -0.15) is 5.10 Å². The Hall–Kier alpha value is -1.96. The topological polar surface area (TPSA) is 63.1 Å². The van der Waals surface area contributed by atoms with Crippen LogP contribution in [0.4, 0.5) is 8.78 Å². The first-order chi connectivity index (χ1) is 9.61. The van der Waals surface area contributed by atoms with Crippen LogP contribution in [0.5, 0.6) is 5.75 Å². The molecule has 0 saturated carbocycles. The molecule has 1 saturated heterocycles. The molecule has 0 aliphatic carbocycles. The molecule has 2 rings (SSSR count). The van der Waals surface area contributed by atoms with E-state index in [0.717, 1.165) is 12.3 Å². The second-order valence-electron chi connectivity index (χ2n) is 3.70. The molecule has 0 bridgehead atoms. The molecule has 0 radical (unpaired) electrons. The van der Waals surface area contributed by atoms with Crippen LogP contribution in [0, 0.1) is 11.6 Å². The van der Waals surface area contributed by atoms with Gasteiger partial charge in [0.1, 0.15) is 0 Å². The number of nitrogens with one attached hydrogen (secondary N) is 1. The van der Waals surface area contributed by atoms with Gasteiger partial charge in [0.2, 0.25) is 5.91 Å². The number of hydrogen-bond donors (Lipinski definition) is 1. The van der Waals surface area contributed by atoms with Crippen molar-refractivity contribution in [3.05, 3.63) is 29.3 Å². The Balaban J connectivity index is 2.17. The summed E-state index contributed by atoms with van der Waals surface area (Å²) in [7, 11) is 0. The van der Waals surface area contributed by atoms with E-state index >= 15 is 0 Å². The van der Waals surface area contributed by atoms with Crippen molar-refractivity contribution in [3.63, 3.8) is 0 Å². The van der Waals surface area contributed by atoms with Gasteiger partial charge in [-0.25, -0.2) is 8.78 Å². The molecule has 106 valence electrons. The molecule has 8 heteroatoms. The molecule has 1 aromatic rings. The number of hydrogen-bond acceptors (Lipinski definition) is 5. The molecular formula is C12H11F2N3O2S. The molecule has 1 heterocycles. The molecule has 0 atom stereocenters. The second kappa shape index (κ2) is 6.47. The van der Waals surface area contributed by atoms with Crippen LogP contribution < -0.4 is 10.1 Å². The molecule has 0 spiro atoms. The Morgan fingerprint density at radius 3 is 2.95 bits per heavy atom. The Bertz CT molecular complexity index is 590. The van der Waals surface area contributed by atoms with E-state index < -0.39 is 17.4 Å². The van der Waals surface area contributed by atoms with Gasteiger partial charge in [0, 0.05) is 5.56 Å². The van der Waals surface area contributed by atoms with Crippen LogP contribution in [0.1, 0.15) is 12.5 Å². The highest BCUT2D eigenvalue weighted by Crippen LogP contribution is 2.23. The van der Waals surface area contributed by atoms with Crippen molar-refractivity contribution >= 4 is 29.1 Å². The number of ether oxygens (including phenoxy) is 1. The number of amides is 1. The van der Waals surface area contributed by atoms with E-state index in [0.29, 0.717) is 5.17 Å². The molecule has 1 N–H and O–H groups in total. The fraction of sp³-hybridized carbons (Fsp3) is 0.250. The van der Waals surface area contributed by atoms with Gasteiger partial charge < -0.3 is 10.1 Å². The van der Waals surface area contributed by atoms with Crippen molar-refractivity contribution in [2.75, 3.05) is 12.4 Å². The molecule has 20 heavy (non-hydrogen) atoms. The predicted molar refractivity (Wildman–Crippen MR) is 73.2 cm³/mol. The number of carbonyl (C=O) groups is 1. The van der Waals surface area contributed by atoms with Gasteiger partial charge in [-0.1, -0.05) is 11.8 Å². The van der Waals surface area contributed by atoms with Gasteiger partial charge in [0.05, 0.1) is 18.6 Å². The predicted octanol–water partition coefficient (Wildman–Crippen LogP) is 1.92. The fourth-order valence-corrected chi connectivity index (χ4v) is 2.08. The van der Waals surface area contributed by atoms with E-state index in [-0.39, 0.29) is 23.8 Å². The maximum atomic E-state index is 13.9. The molecule has 1 amide bonds. The standard InChI is InChI=1S/C12H11F2N3O2S/c1-2-19-11-8(13)4-3-7(10(11)14)5-15-17-12-16-9(18)6-20-12/h3-5H,2,6H2,1H3,(H,16,17,18). The third-order valence-electron chi connectivity index (χ3n) is 2.30. The van der Waals surface area contributed by atoms with E-state index in [4.69, 9.17) is 4.74 Å². The smallest absolute Gasteiger partial charge is 0.236 e. The Morgan fingerprint density at radius 2 is 2.30 bits per heavy atom. The molecule has 1 fully saturated rings. The average Bonchev–Trinajstić information content (AvgIpc) is 2.83. The number of thioether (sulfide) groups is 1. The van der Waals surface area contributed by atoms with Crippen LogP contribution in [-0.4, -0.2) is 29.6 Å². The molecule has 5 nitrogen and oxygen atoms in total. The summed E-state index contributed by atoms with van der Waals surface area (Å²) < 4.78 is 32.1. The summed E-state index contributed by atoms with van der Waals surface area (Å²) in [6.45, 7) is 1.78. The Labute approximate surface area is 118 Å². The summed E-state index contributed by atoms with van der Waals surface area (Å²) in [5.41, 5.74) is 0.0496. The number of nitrogens with zero attached hydrogens (tertiary/aromatic N) is 2. The molecular weight excluding hydrogens is 288 g/mol. The first kappa shape index (κ1) is 14.4. The number of amidine groups is 1. The lowest BCUT2D eigenvalue weighted by Crippen LogP contribution is -2.19. The van der Waals surface area contributed by atoms with Crippen molar-refractivity contribution < 1.29 is 18.3 Å². The van der Waals surface area contributed by atoms with Crippen LogP contribution in [0.3, 0.4) is 0 Å². The van der Waals surface area contributed by atoms with E-state index in [1.54, 1.807) is 6.92 Å². The largest absolute Gasteiger partial charge is 0.488 e. The highest BCUT2D eigenvalue weighted by molar-refractivity contribution is 8.15. The summed E-state index contributed by atoms with van der Waals surface area (Å²) in [5.74, 6) is -1.91. The zero-order valence-corrected chi connectivity index (χ0v) is 11.3. The highest BCUT2D eigenvalue weighted by Gasteiger charge is 2.16. The number of rotatable bonds is 4. The van der Waals surface area contributed by atoms with Gasteiger partial charge in [-0.3, -0.25) is 4.79 Å². The summed E-state index contributed by atoms with van der Waals surface area (Å²) >= 11 is 1.20. The zero-order valence-electron chi connectivity index (χ0n) is 10.5. The lowest BCUT2D eigenvalue weighted by molar-refractivity contribution is -0.116. The number of carbonyl (C=O) groups excluding carboxylic acids is 1. The lowest BCUT2D eigenvalue weighted by Gasteiger charge is -2.07. The molecule has 0 unspecified atom stereocenters. The average molecular weight is 299 g/mol. The van der Waals surface area contributed by atoms with E-state index in [1.807, 2.05) is 0 Å². The zero-order chi connectivity index (χ0) is 14.5. The second-order valence-corrected chi connectivity index (χ2v) is 4.66. The minimum Gasteiger partial charge on any atom is -0.488 e. The highest BCUT2D eigenvalue weighted by atomic mass is 32.2. The third-order valence-corrected chi connectivity index (χ3v) is 3.16. The van der Waals surface area contributed by atoms with Crippen LogP contribution in [0.25, 0.3) is 0 Å². The maximum Gasteiger partial charge on any atom is 0.236 e. The lowest BCUT2D eigenvalue weighted by atomic mass is 10.2. The minimum atomic E-state index is -0.834. The monoisotopic (exact) mass is 299 g/mol. The SMILES string of the molecule is CCOc1c(F)ccc(C=NN=C2NC(=O)CS2)c1F. The Morgan fingerprint density at radius 1 is 1.50 bits per heavy atom. The normalized spacial score (nSPS) is 16.9.